The highest BCUT2D eigenvalue weighted by atomic mass is 16.5. The number of nitriles is 1. The van der Waals surface area contributed by atoms with Crippen molar-refractivity contribution in [3.63, 3.8) is 0 Å². The number of aryl methyl sites for hydroxylation is 1. The number of hydrogen-bond acceptors (Lipinski definition) is 2. The molecule has 0 saturated carbocycles. The first kappa shape index (κ1) is 8.12. The molecule has 0 N–H and O–H groups in total. The largest absolute Gasteiger partial charge is 0.496 e. The van der Waals surface area contributed by atoms with Crippen LogP contribution in [0.4, 0.5) is 0 Å². The number of rotatable bonds is 1. The summed E-state index contributed by atoms with van der Waals surface area (Å²) >= 11 is 0. The fraction of sp³-hybridized carbons (Fsp3) is 0.364. The Balaban J connectivity index is 2.46. The summed E-state index contributed by atoms with van der Waals surface area (Å²) in [6, 6.07) is 6.37. The van der Waals surface area contributed by atoms with E-state index in [9.17, 15) is 0 Å². The standard InChI is InChI=1S/C11H11NO/c1-7-3-8-4-9(6-12)10(8)5-11(7)13-2/h3,5,9H,4H2,1-2H3/t9-/m0/s1. The van der Waals surface area contributed by atoms with E-state index in [2.05, 4.69) is 12.1 Å². The Morgan fingerprint density at radius 2 is 2.31 bits per heavy atom. The summed E-state index contributed by atoms with van der Waals surface area (Å²) in [4.78, 5) is 0. The van der Waals surface area contributed by atoms with Gasteiger partial charge in [0.05, 0.1) is 19.1 Å². The van der Waals surface area contributed by atoms with Gasteiger partial charge in [0.25, 0.3) is 0 Å². The van der Waals surface area contributed by atoms with Crippen LogP contribution in [0.3, 0.4) is 0 Å². The van der Waals surface area contributed by atoms with Gasteiger partial charge in [-0.25, -0.2) is 0 Å². The SMILES string of the molecule is COc1cc2c(cc1C)C[C@H]2C#N. The molecule has 0 aromatic heterocycles. The van der Waals surface area contributed by atoms with Crippen molar-refractivity contribution < 1.29 is 4.74 Å². The zero-order valence-corrected chi connectivity index (χ0v) is 7.79. The molecule has 1 aromatic carbocycles. The zero-order valence-electron chi connectivity index (χ0n) is 7.79. The molecule has 2 heteroatoms. The van der Waals surface area contributed by atoms with Gasteiger partial charge < -0.3 is 4.74 Å². The molecule has 0 aliphatic heterocycles. The van der Waals surface area contributed by atoms with E-state index in [-0.39, 0.29) is 5.92 Å². The Morgan fingerprint density at radius 1 is 1.54 bits per heavy atom. The molecule has 0 radical (unpaired) electrons. The van der Waals surface area contributed by atoms with Crippen LogP contribution in [-0.4, -0.2) is 7.11 Å². The normalized spacial score (nSPS) is 18.4. The average molecular weight is 173 g/mol. The summed E-state index contributed by atoms with van der Waals surface area (Å²) in [7, 11) is 1.66. The van der Waals surface area contributed by atoms with Gasteiger partial charge in [-0.1, -0.05) is 6.07 Å². The summed E-state index contributed by atoms with van der Waals surface area (Å²) in [5.41, 5.74) is 3.59. The first-order valence-corrected chi connectivity index (χ1v) is 4.33. The predicted molar refractivity (Wildman–Crippen MR) is 49.8 cm³/mol. The Kier molecular flexibility index (Phi) is 1.73. The molecule has 1 aromatic rings. The lowest BCUT2D eigenvalue weighted by molar-refractivity contribution is 0.410. The third-order valence-corrected chi connectivity index (χ3v) is 2.61. The smallest absolute Gasteiger partial charge is 0.122 e. The van der Waals surface area contributed by atoms with Gasteiger partial charge >= 0.3 is 0 Å². The monoisotopic (exact) mass is 173 g/mol. The third kappa shape index (κ3) is 1.08. The second-order valence-electron chi connectivity index (χ2n) is 3.41. The van der Waals surface area contributed by atoms with Crippen LogP contribution in [-0.2, 0) is 6.42 Å². The highest BCUT2D eigenvalue weighted by molar-refractivity contribution is 5.51. The third-order valence-electron chi connectivity index (χ3n) is 2.61. The maximum atomic E-state index is 8.77. The maximum Gasteiger partial charge on any atom is 0.122 e. The van der Waals surface area contributed by atoms with E-state index in [1.165, 1.54) is 5.56 Å². The minimum absolute atomic E-state index is 0.0875. The van der Waals surface area contributed by atoms with Crippen LogP contribution in [0.25, 0.3) is 0 Å². The molecule has 1 aliphatic carbocycles. The number of nitrogens with zero attached hydrogens (tertiary/aromatic N) is 1. The number of ether oxygens (including phenoxy) is 1. The van der Waals surface area contributed by atoms with Crippen molar-refractivity contribution in [1.82, 2.24) is 0 Å². The molecule has 0 heterocycles. The molecule has 0 spiro atoms. The van der Waals surface area contributed by atoms with Gasteiger partial charge in [-0.2, -0.15) is 5.26 Å². The Labute approximate surface area is 77.8 Å². The first-order valence-electron chi connectivity index (χ1n) is 4.33. The van der Waals surface area contributed by atoms with Gasteiger partial charge in [0.1, 0.15) is 5.75 Å². The summed E-state index contributed by atoms with van der Waals surface area (Å²) < 4.78 is 5.20. The number of hydrogen-bond donors (Lipinski definition) is 0. The molecule has 66 valence electrons. The van der Waals surface area contributed by atoms with Gasteiger partial charge in [-0.15, -0.1) is 0 Å². The number of fused-ring (bicyclic) bond motifs is 1. The lowest BCUT2D eigenvalue weighted by Crippen LogP contribution is -2.15. The van der Waals surface area contributed by atoms with E-state index in [4.69, 9.17) is 10.00 Å². The molecule has 2 rings (SSSR count). The number of benzene rings is 1. The fourth-order valence-electron chi connectivity index (χ4n) is 1.80. The Morgan fingerprint density at radius 3 is 2.92 bits per heavy atom. The van der Waals surface area contributed by atoms with Gasteiger partial charge in [0.2, 0.25) is 0 Å². The highest BCUT2D eigenvalue weighted by Crippen LogP contribution is 2.38. The van der Waals surface area contributed by atoms with E-state index in [0.29, 0.717) is 0 Å². The highest BCUT2D eigenvalue weighted by Gasteiger charge is 2.26. The maximum absolute atomic E-state index is 8.77. The Hall–Kier alpha value is -1.49. The first-order chi connectivity index (χ1) is 6.26. The van der Waals surface area contributed by atoms with E-state index >= 15 is 0 Å². The molecule has 0 unspecified atom stereocenters. The van der Waals surface area contributed by atoms with Crippen molar-refractivity contribution in [1.29, 1.82) is 5.26 Å². The van der Waals surface area contributed by atoms with Crippen LogP contribution in [0.15, 0.2) is 12.1 Å². The van der Waals surface area contributed by atoms with E-state index in [1.807, 2.05) is 13.0 Å². The molecular weight excluding hydrogens is 162 g/mol. The van der Waals surface area contributed by atoms with E-state index < -0.39 is 0 Å². The second-order valence-corrected chi connectivity index (χ2v) is 3.41. The van der Waals surface area contributed by atoms with Crippen molar-refractivity contribution in [2.45, 2.75) is 19.3 Å². The molecule has 1 atom stereocenters. The molecule has 0 amide bonds. The molecule has 1 aliphatic rings. The average Bonchev–Trinajstić information content (AvgIpc) is 2.11. The predicted octanol–water partition coefficient (Wildman–Crippen LogP) is 2.17. The van der Waals surface area contributed by atoms with Gasteiger partial charge in [-0.05, 0) is 36.1 Å². The molecule has 0 bridgehead atoms. The lowest BCUT2D eigenvalue weighted by Gasteiger charge is -2.25. The van der Waals surface area contributed by atoms with Crippen molar-refractivity contribution in [3.8, 4) is 11.8 Å². The Bertz CT molecular complexity index is 390. The van der Waals surface area contributed by atoms with Crippen LogP contribution >= 0.6 is 0 Å². The van der Waals surface area contributed by atoms with Crippen molar-refractivity contribution in [2.24, 2.45) is 0 Å². The van der Waals surface area contributed by atoms with Crippen molar-refractivity contribution in [3.05, 3.63) is 28.8 Å². The quantitative estimate of drug-likeness (QED) is 0.652. The topological polar surface area (TPSA) is 33.0 Å². The molecule has 2 nitrogen and oxygen atoms in total. The minimum atomic E-state index is 0.0875. The summed E-state index contributed by atoms with van der Waals surface area (Å²) in [6.07, 6.45) is 0.899. The van der Waals surface area contributed by atoms with Crippen LogP contribution in [0.2, 0.25) is 0 Å². The van der Waals surface area contributed by atoms with Crippen LogP contribution in [0, 0.1) is 18.3 Å². The van der Waals surface area contributed by atoms with Gasteiger partial charge in [-0.3, -0.25) is 0 Å². The lowest BCUT2D eigenvalue weighted by atomic mass is 9.77. The van der Waals surface area contributed by atoms with Crippen molar-refractivity contribution >= 4 is 0 Å². The van der Waals surface area contributed by atoms with Crippen LogP contribution in [0.5, 0.6) is 5.75 Å². The molecule has 0 saturated heterocycles. The fourth-order valence-corrected chi connectivity index (χ4v) is 1.80. The molecular formula is C11H11NO. The van der Waals surface area contributed by atoms with Crippen LogP contribution in [0.1, 0.15) is 22.6 Å². The second kappa shape index (κ2) is 2.77. The minimum Gasteiger partial charge on any atom is -0.496 e. The molecule has 0 fully saturated rings. The van der Waals surface area contributed by atoms with Crippen LogP contribution < -0.4 is 4.74 Å². The van der Waals surface area contributed by atoms with E-state index in [1.54, 1.807) is 7.11 Å². The van der Waals surface area contributed by atoms with Crippen molar-refractivity contribution in [2.75, 3.05) is 7.11 Å². The molecule has 13 heavy (non-hydrogen) atoms. The van der Waals surface area contributed by atoms with E-state index in [0.717, 1.165) is 23.3 Å². The summed E-state index contributed by atoms with van der Waals surface area (Å²) in [5.74, 6) is 0.975. The number of methoxy groups -OCH3 is 1. The van der Waals surface area contributed by atoms with Gasteiger partial charge in [0.15, 0.2) is 0 Å². The summed E-state index contributed by atoms with van der Waals surface area (Å²) in [6.45, 7) is 2.03. The van der Waals surface area contributed by atoms with Gasteiger partial charge in [0, 0.05) is 0 Å². The summed E-state index contributed by atoms with van der Waals surface area (Å²) in [5, 5.41) is 8.77. The zero-order chi connectivity index (χ0) is 9.42.